The second kappa shape index (κ2) is 12.0. The molecule has 170 valence electrons. The zero-order valence-electron chi connectivity index (χ0n) is 17.7. The van der Waals surface area contributed by atoms with E-state index in [2.05, 4.69) is 20.8 Å². The SMILES string of the molecule is C[C@H](Oc1ccc(Cl)cc1Cl)C(=O)N[C@H](Cc1ccccc1)C(=O)N/N=C\c1cccnc1. The molecule has 3 rings (SSSR count). The van der Waals surface area contributed by atoms with E-state index in [1.807, 2.05) is 30.3 Å². The van der Waals surface area contributed by atoms with E-state index in [-0.39, 0.29) is 11.4 Å². The number of pyridine rings is 1. The molecule has 0 aliphatic heterocycles. The largest absolute Gasteiger partial charge is 0.479 e. The van der Waals surface area contributed by atoms with Crippen molar-refractivity contribution in [1.29, 1.82) is 0 Å². The zero-order chi connectivity index (χ0) is 23.6. The van der Waals surface area contributed by atoms with E-state index in [1.54, 1.807) is 43.6 Å². The molecular formula is C24H22Cl2N4O3. The van der Waals surface area contributed by atoms with Crippen molar-refractivity contribution < 1.29 is 14.3 Å². The van der Waals surface area contributed by atoms with E-state index in [0.717, 1.165) is 11.1 Å². The van der Waals surface area contributed by atoms with E-state index >= 15 is 0 Å². The molecule has 2 amide bonds. The van der Waals surface area contributed by atoms with Crippen LogP contribution in [0, 0.1) is 0 Å². The van der Waals surface area contributed by atoms with Crippen molar-refractivity contribution in [3.8, 4) is 5.75 Å². The number of nitrogens with zero attached hydrogens (tertiary/aromatic N) is 2. The lowest BCUT2D eigenvalue weighted by Crippen LogP contribution is -2.50. The maximum Gasteiger partial charge on any atom is 0.262 e. The van der Waals surface area contributed by atoms with Crippen molar-refractivity contribution in [3.05, 3.63) is 94.2 Å². The third-order valence-electron chi connectivity index (χ3n) is 4.56. The van der Waals surface area contributed by atoms with Crippen molar-refractivity contribution in [1.82, 2.24) is 15.7 Å². The highest BCUT2D eigenvalue weighted by atomic mass is 35.5. The summed E-state index contributed by atoms with van der Waals surface area (Å²) in [7, 11) is 0. The molecule has 0 radical (unpaired) electrons. The Bertz CT molecular complexity index is 1110. The monoisotopic (exact) mass is 484 g/mol. The Morgan fingerprint density at radius 2 is 1.88 bits per heavy atom. The van der Waals surface area contributed by atoms with Crippen molar-refractivity contribution >= 4 is 41.2 Å². The Hall–Kier alpha value is -3.42. The Morgan fingerprint density at radius 1 is 1.09 bits per heavy atom. The predicted molar refractivity (Wildman–Crippen MR) is 129 cm³/mol. The molecule has 1 aromatic heterocycles. The number of amides is 2. The topological polar surface area (TPSA) is 92.7 Å². The van der Waals surface area contributed by atoms with Crippen molar-refractivity contribution in [3.63, 3.8) is 0 Å². The summed E-state index contributed by atoms with van der Waals surface area (Å²) in [5.41, 5.74) is 4.08. The highest BCUT2D eigenvalue weighted by Gasteiger charge is 2.25. The van der Waals surface area contributed by atoms with Crippen molar-refractivity contribution in [2.45, 2.75) is 25.5 Å². The summed E-state index contributed by atoms with van der Waals surface area (Å²) in [5.74, 6) is -0.633. The van der Waals surface area contributed by atoms with Crippen LogP contribution in [0.25, 0.3) is 0 Å². The minimum absolute atomic E-state index is 0.273. The lowest BCUT2D eigenvalue weighted by Gasteiger charge is -2.21. The number of hydrogen-bond donors (Lipinski definition) is 2. The molecule has 2 aromatic carbocycles. The van der Waals surface area contributed by atoms with Crippen LogP contribution in [0.2, 0.25) is 10.0 Å². The van der Waals surface area contributed by atoms with Gasteiger partial charge in [-0.25, -0.2) is 5.43 Å². The van der Waals surface area contributed by atoms with Gasteiger partial charge in [0, 0.05) is 29.4 Å². The average Bonchev–Trinajstić information content (AvgIpc) is 2.81. The third kappa shape index (κ3) is 7.59. The van der Waals surface area contributed by atoms with E-state index in [1.165, 1.54) is 12.3 Å². The summed E-state index contributed by atoms with van der Waals surface area (Å²) >= 11 is 12.0. The smallest absolute Gasteiger partial charge is 0.262 e. The molecule has 0 fully saturated rings. The maximum atomic E-state index is 12.8. The van der Waals surface area contributed by atoms with E-state index in [9.17, 15) is 9.59 Å². The molecule has 1 heterocycles. The molecular weight excluding hydrogens is 463 g/mol. The fourth-order valence-corrected chi connectivity index (χ4v) is 3.32. The summed E-state index contributed by atoms with van der Waals surface area (Å²) in [6.07, 6.45) is 4.09. The Morgan fingerprint density at radius 3 is 2.58 bits per heavy atom. The summed E-state index contributed by atoms with van der Waals surface area (Å²) in [5, 5.41) is 7.44. The van der Waals surface area contributed by atoms with Crippen molar-refractivity contribution in [2.75, 3.05) is 0 Å². The fourth-order valence-electron chi connectivity index (χ4n) is 2.86. The van der Waals surface area contributed by atoms with Crippen LogP contribution in [0.1, 0.15) is 18.1 Å². The van der Waals surface area contributed by atoms with Gasteiger partial charge in [0.2, 0.25) is 0 Å². The van der Waals surface area contributed by atoms with Gasteiger partial charge in [-0.05, 0) is 36.8 Å². The van der Waals surface area contributed by atoms with Gasteiger partial charge in [0.25, 0.3) is 11.8 Å². The number of carbonyl (C=O) groups is 2. The van der Waals surface area contributed by atoms with Gasteiger partial charge in [-0.15, -0.1) is 0 Å². The predicted octanol–water partition coefficient (Wildman–Crippen LogP) is 4.03. The molecule has 2 atom stereocenters. The van der Waals surface area contributed by atoms with Gasteiger partial charge < -0.3 is 10.1 Å². The molecule has 0 saturated heterocycles. The van der Waals surface area contributed by atoms with Gasteiger partial charge in [0.05, 0.1) is 11.2 Å². The number of ether oxygens (including phenoxy) is 1. The van der Waals surface area contributed by atoms with Gasteiger partial charge in [0.15, 0.2) is 6.10 Å². The number of nitrogens with one attached hydrogen (secondary N) is 2. The second-order valence-corrected chi connectivity index (χ2v) is 7.95. The minimum Gasteiger partial charge on any atom is -0.479 e. The first-order valence-corrected chi connectivity index (χ1v) is 10.9. The molecule has 2 N–H and O–H groups in total. The highest BCUT2D eigenvalue weighted by Crippen LogP contribution is 2.28. The summed E-state index contributed by atoms with van der Waals surface area (Å²) in [6, 6.07) is 16.7. The van der Waals surface area contributed by atoms with Gasteiger partial charge in [0.1, 0.15) is 11.8 Å². The summed E-state index contributed by atoms with van der Waals surface area (Å²) in [6.45, 7) is 1.57. The van der Waals surface area contributed by atoms with Crippen LogP contribution in [-0.2, 0) is 16.0 Å². The van der Waals surface area contributed by atoms with E-state index in [0.29, 0.717) is 10.8 Å². The highest BCUT2D eigenvalue weighted by molar-refractivity contribution is 6.35. The number of halogens is 2. The minimum atomic E-state index is -0.909. The first kappa shape index (κ1) is 24.2. The van der Waals surface area contributed by atoms with E-state index < -0.39 is 24.0 Å². The summed E-state index contributed by atoms with van der Waals surface area (Å²) < 4.78 is 5.66. The van der Waals surface area contributed by atoms with Gasteiger partial charge in [-0.3, -0.25) is 14.6 Å². The van der Waals surface area contributed by atoms with Crippen LogP contribution < -0.4 is 15.5 Å². The van der Waals surface area contributed by atoms with Gasteiger partial charge >= 0.3 is 0 Å². The van der Waals surface area contributed by atoms with Crippen LogP contribution >= 0.6 is 23.2 Å². The first-order chi connectivity index (χ1) is 15.9. The first-order valence-electron chi connectivity index (χ1n) is 10.1. The molecule has 0 aliphatic carbocycles. The number of rotatable bonds is 9. The van der Waals surface area contributed by atoms with Gasteiger partial charge in [-0.2, -0.15) is 5.10 Å². The van der Waals surface area contributed by atoms with Crippen molar-refractivity contribution in [2.24, 2.45) is 5.10 Å². The number of aromatic nitrogens is 1. The van der Waals surface area contributed by atoms with Crippen LogP contribution in [0.4, 0.5) is 0 Å². The van der Waals surface area contributed by atoms with E-state index in [4.69, 9.17) is 27.9 Å². The van der Waals surface area contributed by atoms with Crippen LogP contribution in [-0.4, -0.2) is 35.2 Å². The molecule has 0 spiro atoms. The number of hydrazone groups is 1. The number of benzene rings is 2. The third-order valence-corrected chi connectivity index (χ3v) is 5.09. The molecule has 7 nitrogen and oxygen atoms in total. The Labute approximate surface area is 201 Å². The van der Waals surface area contributed by atoms with Crippen LogP contribution in [0.5, 0.6) is 5.75 Å². The normalized spacial score (nSPS) is 12.7. The molecule has 33 heavy (non-hydrogen) atoms. The van der Waals surface area contributed by atoms with Crippen LogP contribution in [0.3, 0.4) is 0 Å². The average molecular weight is 485 g/mol. The Kier molecular flexibility index (Phi) is 8.80. The van der Waals surface area contributed by atoms with Gasteiger partial charge in [-0.1, -0.05) is 59.6 Å². The van der Waals surface area contributed by atoms with Crippen LogP contribution in [0.15, 0.2) is 78.2 Å². The fraction of sp³-hybridized carbons (Fsp3) is 0.167. The second-order valence-electron chi connectivity index (χ2n) is 7.11. The lowest BCUT2D eigenvalue weighted by molar-refractivity contribution is -0.132. The molecule has 0 bridgehead atoms. The standard InChI is InChI=1S/C24H22Cl2N4O3/c1-16(33-22-10-9-19(25)13-20(22)26)23(31)29-21(12-17-6-3-2-4-7-17)24(32)30-28-15-18-8-5-11-27-14-18/h2-11,13-16,21H,12H2,1H3,(H,29,31)(H,30,32)/b28-15-/t16-,21+/m0/s1. The maximum absolute atomic E-state index is 12.8. The molecule has 0 unspecified atom stereocenters. The zero-order valence-corrected chi connectivity index (χ0v) is 19.3. The molecule has 3 aromatic rings. The number of hydrogen-bond acceptors (Lipinski definition) is 5. The summed E-state index contributed by atoms with van der Waals surface area (Å²) in [4.78, 5) is 29.6. The lowest BCUT2D eigenvalue weighted by atomic mass is 10.1. The number of carbonyl (C=O) groups excluding carboxylic acids is 2. The molecule has 0 saturated carbocycles. The quantitative estimate of drug-likeness (QED) is 0.354. The Balaban J connectivity index is 1.68. The molecule has 9 heteroatoms. The molecule has 0 aliphatic rings.